The Hall–Kier alpha value is -1.64. The molecule has 1 fully saturated rings. The lowest BCUT2D eigenvalue weighted by molar-refractivity contribution is 0.0397. The molecule has 1 atom stereocenters. The number of hydrogen-bond acceptors (Lipinski definition) is 2. The van der Waals surface area contributed by atoms with Gasteiger partial charge in [-0.3, -0.25) is 0 Å². The number of ether oxygens (including phenoxy) is 1. The van der Waals surface area contributed by atoms with Crippen molar-refractivity contribution in [3.63, 3.8) is 0 Å². The zero-order chi connectivity index (χ0) is 17.9. The molecule has 0 spiro atoms. The normalized spacial score (nSPS) is 16.0. The number of benzene rings is 2. The van der Waals surface area contributed by atoms with Gasteiger partial charge in [-0.15, -0.1) is 0 Å². The summed E-state index contributed by atoms with van der Waals surface area (Å²) in [6.07, 6.45) is 8.84. The minimum Gasteiger partial charge on any atom is -0.373 e. The minimum absolute atomic E-state index is 0.241. The Kier molecular flexibility index (Phi) is 8.21. The third-order valence-corrected chi connectivity index (χ3v) is 5.33. The Labute approximate surface area is 159 Å². The zero-order valence-electron chi connectivity index (χ0n) is 16.0. The van der Waals surface area contributed by atoms with E-state index in [9.17, 15) is 0 Å². The molecule has 0 aliphatic carbocycles. The molecule has 0 saturated carbocycles. The Balaban J connectivity index is 1.41. The SMILES string of the molecule is c1ccc(CCCCC(OCCCN2CCCC2)c2ccccc2)cc1. The first kappa shape index (κ1) is 19.1. The molecule has 2 heteroatoms. The average molecular weight is 352 g/mol. The van der Waals surface area contributed by atoms with Gasteiger partial charge >= 0.3 is 0 Å². The topological polar surface area (TPSA) is 12.5 Å². The molecule has 0 N–H and O–H groups in total. The monoisotopic (exact) mass is 351 g/mol. The molecule has 1 unspecified atom stereocenters. The molecule has 2 aromatic carbocycles. The van der Waals surface area contributed by atoms with E-state index in [0.29, 0.717) is 0 Å². The van der Waals surface area contributed by atoms with Gasteiger partial charge in [0.15, 0.2) is 0 Å². The van der Waals surface area contributed by atoms with Crippen molar-refractivity contribution in [1.29, 1.82) is 0 Å². The molecule has 0 radical (unpaired) electrons. The van der Waals surface area contributed by atoms with Crippen LogP contribution in [0.2, 0.25) is 0 Å². The van der Waals surface area contributed by atoms with Gasteiger partial charge in [0.05, 0.1) is 6.10 Å². The second-order valence-corrected chi connectivity index (χ2v) is 7.40. The van der Waals surface area contributed by atoms with Crippen LogP contribution in [-0.2, 0) is 11.2 Å². The van der Waals surface area contributed by atoms with Gasteiger partial charge in [-0.2, -0.15) is 0 Å². The third kappa shape index (κ3) is 6.59. The van der Waals surface area contributed by atoms with Crippen LogP contribution >= 0.6 is 0 Å². The highest BCUT2D eigenvalue weighted by Gasteiger charge is 2.13. The van der Waals surface area contributed by atoms with Crippen molar-refractivity contribution in [1.82, 2.24) is 4.90 Å². The number of unbranched alkanes of at least 4 members (excludes halogenated alkanes) is 1. The lowest BCUT2D eigenvalue weighted by Gasteiger charge is -2.20. The lowest BCUT2D eigenvalue weighted by Crippen LogP contribution is -2.21. The van der Waals surface area contributed by atoms with Crippen LogP contribution in [-0.4, -0.2) is 31.1 Å². The van der Waals surface area contributed by atoms with Gasteiger partial charge < -0.3 is 9.64 Å². The molecule has 3 rings (SSSR count). The maximum Gasteiger partial charge on any atom is 0.0824 e. The predicted octanol–water partition coefficient (Wildman–Crippen LogP) is 5.64. The molecule has 26 heavy (non-hydrogen) atoms. The summed E-state index contributed by atoms with van der Waals surface area (Å²) in [4.78, 5) is 2.57. The summed E-state index contributed by atoms with van der Waals surface area (Å²) in [6, 6.07) is 21.6. The maximum absolute atomic E-state index is 6.31. The molecule has 0 amide bonds. The van der Waals surface area contributed by atoms with Crippen molar-refractivity contribution in [3.8, 4) is 0 Å². The van der Waals surface area contributed by atoms with Crippen molar-refractivity contribution in [2.24, 2.45) is 0 Å². The number of aryl methyl sites for hydroxylation is 1. The van der Waals surface area contributed by atoms with Gasteiger partial charge in [0, 0.05) is 13.2 Å². The fraction of sp³-hybridized carbons (Fsp3) is 0.500. The highest BCUT2D eigenvalue weighted by atomic mass is 16.5. The molecule has 1 saturated heterocycles. The van der Waals surface area contributed by atoms with E-state index in [0.717, 1.165) is 25.9 Å². The highest BCUT2D eigenvalue weighted by molar-refractivity contribution is 5.17. The van der Waals surface area contributed by atoms with Crippen LogP contribution in [0.15, 0.2) is 60.7 Å². The Morgan fingerprint density at radius 2 is 1.50 bits per heavy atom. The predicted molar refractivity (Wildman–Crippen MR) is 109 cm³/mol. The fourth-order valence-electron chi connectivity index (χ4n) is 3.84. The summed E-state index contributed by atoms with van der Waals surface area (Å²) in [5.74, 6) is 0. The largest absolute Gasteiger partial charge is 0.373 e. The summed E-state index contributed by atoms with van der Waals surface area (Å²) < 4.78 is 6.31. The quantitative estimate of drug-likeness (QED) is 0.486. The molecule has 0 bridgehead atoms. The Bertz CT molecular complexity index is 592. The van der Waals surface area contributed by atoms with Crippen LogP contribution < -0.4 is 0 Å². The minimum atomic E-state index is 0.241. The number of likely N-dealkylation sites (tertiary alicyclic amines) is 1. The summed E-state index contributed by atoms with van der Waals surface area (Å²) >= 11 is 0. The molecule has 1 heterocycles. The van der Waals surface area contributed by atoms with Crippen molar-refractivity contribution >= 4 is 0 Å². The second kappa shape index (κ2) is 11.2. The lowest BCUT2D eigenvalue weighted by atomic mass is 10.0. The van der Waals surface area contributed by atoms with Crippen molar-refractivity contribution in [2.75, 3.05) is 26.2 Å². The van der Waals surface area contributed by atoms with Crippen molar-refractivity contribution in [3.05, 3.63) is 71.8 Å². The summed E-state index contributed by atoms with van der Waals surface area (Å²) in [6.45, 7) is 4.62. The van der Waals surface area contributed by atoms with Crippen LogP contribution in [0.3, 0.4) is 0 Å². The van der Waals surface area contributed by atoms with Gasteiger partial charge in [-0.1, -0.05) is 67.1 Å². The first-order chi connectivity index (χ1) is 12.9. The van der Waals surface area contributed by atoms with E-state index in [1.165, 1.54) is 56.4 Å². The van der Waals surface area contributed by atoms with Gasteiger partial charge in [0.2, 0.25) is 0 Å². The van der Waals surface area contributed by atoms with E-state index in [-0.39, 0.29) is 6.10 Å². The van der Waals surface area contributed by atoms with Crippen LogP contribution in [0.5, 0.6) is 0 Å². The summed E-state index contributed by atoms with van der Waals surface area (Å²) in [5, 5.41) is 0. The van der Waals surface area contributed by atoms with Crippen LogP contribution in [0.25, 0.3) is 0 Å². The second-order valence-electron chi connectivity index (χ2n) is 7.40. The zero-order valence-corrected chi connectivity index (χ0v) is 16.0. The van der Waals surface area contributed by atoms with Gasteiger partial charge in [0.25, 0.3) is 0 Å². The van der Waals surface area contributed by atoms with E-state index in [1.807, 2.05) is 0 Å². The van der Waals surface area contributed by atoms with Gasteiger partial charge in [-0.25, -0.2) is 0 Å². The Morgan fingerprint density at radius 3 is 2.23 bits per heavy atom. The van der Waals surface area contributed by atoms with E-state index in [2.05, 4.69) is 65.6 Å². The molecule has 140 valence electrons. The number of nitrogens with zero attached hydrogens (tertiary/aromatic N) is 1. The van der Waals surface area contributed by atoms with E-state index in [1.54, 1.807) is 0 Å². The molecule has 2 nitrogen and oxygen atoms in total. The number of hydrogen-bond donors (Lipinski definition) is 0. The van der Waals surface area contributed by atoms with E-state index in [4.69, 9.17) is 4.74 Å². The van der Waals surface area contributed by atoms with Crippen LogP contribution in [0.1, 0.15) is 55.8 Å². The molecule has 2 aromatic rings. The summed E-state index contributed by atoms with van der Waals surface area (Å²) in [7, 11) is 0. The van der Waals surface area contributed by atoms with Crippen molar-refractivity contribution in [2.45, 2.75) is 51.0 Å². The molecule has 0 aromatic heterocycles. The van der Waals surface area contributed by atoms with Crippen molar-refractivity contribution < 1.29 is 4.74 Å². The van der Waals surface area contributed by atoms with E-state index >= 15 is 0 Å². The smallest absolute Gasteiger partial charge is 0.0824 e. The molecule has 1 aliphatic rings. The third-order valence-electron chi connectivity index (χ3n) is 5.33. The first-order valence-corrected chi connectivity index (χ1v) is 10.3. The Morgan fingerprint density at radius 1 is 0.808 bits per heavy atom. The maximum atomic E-state index is 6.31. The van der Waals surface area contributed by atoms with Crippen LogP contribution in [0, 0.1) is 0 Å². The van der Waals surface area contributed by atoms with Gasteiger partial charge in [-0.05, 0) is 62.7 Å². The first-order valence-electron chi connectivity index (χ1n) is 10.3. The molecular weight excluding hydrogens is 318 g/mol. The molecular formula is C24H33NO. The number of rotatable bonds is 11. The average Bonchev–Trinajstić information content (AvgIpc) is 3.22. The summed E-state index contributed by atoms with van der Waals surface area (Å²) in [5.41, 5.74) is 2.77. The van der Waals surface area contributed by atoms with E-state index < -0.39 is 0 Å². The molecule has 1 aliphatic heterocycles. The highest BCUT2D eigenvalue weighted by Crippen LogP contribution is 2.24. The standard InChI is InChI=1S/C24H33NO/c1-3-12-22(13-4-1)14-7-8-17-24(23-15-5-2-6-16-23)26-21-11-20-25-18-9-10-19-25/h1-6,12-13,15-16,24H,7-11,14,17-21H2. The van der Waals surface area contributed by atoms with Crippen LogP contribution in [0.4, 0.5) is 0 Å². The fourth-order valence-corrected chi connectivity index (χ4v) is 3.84. The van der Waals surface area contributed by atoms with Gasteiger partial charge in [0.1, 0.15) is 0 Å².